The van der Waals surface area contributed by atoms with Gasteiger partial charge < -0.3 is 10.1 Å². The zero-order valence-corrected chi connectivity index (χ0v) is 8.96. The average Bonchev–Trinajstić information content (AvgIpc) is 2.14. The zero-order valence-electron chi connectivity index (χ0n) is 8.96. The molecule has 0 saturated heterocycles. The third-order valence-corrected chi connectivity index (χ3v) is 1.71. The molecule has 1 aliphatic heterocycles. The summed E-state index contributed by atoms with van der Waals surface area (Å²) in [5.41, 5.74) is 0.700. The van der Waals surface area contributed by atoms with Gasteiger partial charge in [0.25, 0.3) is 0 Å². The van der Waals surface area contributed by atoms with Crippen molar-refractivity contribution in [2.45, 2.75) is 27.2 Å². The molecule has 0 aromatic carbocycles. The Bertz CT molecular complexity index is 272. The molecule has 0 aliphatic carbocycles. The van der Waals surface area contributed by atoms with Gasteiger partial charge in [0.1, 0.15) is 0 Å². The lowest BCUT2D eigenvalue weighted by molar-refractivity contribution is -0.141. The molecule has 3 nitrogen and oxygen atoms in total. The van der Waals surface area contributed by atoms with Crippen molar-refractivity contribution < 1.29 is 9.53 Å². The van der Waals surface area contributed by atoms with E-state index in [1.807, 2.05) is 26.8 Å². The Morgan fingerprint density at radius 2 is 2.29 bits per heavy atom. The number of allylic oxidation sites excluding steroid dienone is 1. The summed E-state index contributed by atoms with van der Waals surface area (Å²) in [7, 11) is 0. The van der Waals surface area contributed by atoms with E-state index in [9.17, 15) is 4.79 Å². The first-order chi connectivity index (χ1) is 6.49. The molecule has 0 unspecified atom stereocenters. The number of dihydropyridines is 1. The minimum Gasteiger partial charge on any atom is -0.462 e. The molecule has 1 aliphatic rings. The van der Waals surface area contributed by atoms with Gasteiger partial charge in [0.15, 0.2) is 0 Å². The Morgan fingerprint density at radius 3 is 2.79 bits per heavy atom. The maximum Gasteiger partial charge on any atom is 0.335 e. The van der Waals surface area contributed by atoms with Gasteiger partial charge in [0.2, 0.25) is 0 Å². The van der Waals surface area contributed by atoms with Gasteiger partial charge in [-0.05, 0) is 11.6 Å². The Kier molecular flexibility index (Phi) is 3.33. The van der Waals surface area contributed by atoms with Gasteiger partial charge in [-0.15, -0.1) is 0 Å². The second-order valence-corrected chi connectivity index (χ2v) is 4.58. The van der Waals surface area contributed by atoms with Crippen LogP contribution in [0.1, 0.15) is 27.2 Å². The maximum absolute atomic E-state index is 11.5. The first-order valence-electron chi connectivity index (χ1n) is 4.76. The van der Waals surface area contributed by atoms with Gasteiger partial charge in [-0.25, -0.2) is 4.79 Å². The predicted molar refractivity (Wildman–Crippen MR) is 55.4 cm³/mol. The highest BCUT2D eigenvalue weighted by atomic mass is 16.5. The molecule has 0 amide bonds. The molecule has 0 aromatic heterocycles. The fraction of sp³-hybridized carbons (Fsp3) is 0.545. The van der Waals surface area contributed by atoms with Crippen LogP contribution in [0.3, 0.4) is 0 Å². The minimum atomic E-state index is -0.225. The van der Waals surface area contributed by atoms with Crippen LogP contribution in [0, 0.1) is 5.41 Å². The highest BCUT2D eigenvalue weighted by Crippen LogP contribution is 2.15. The van der Waals surface area contributed by atoms with E-state index in [1.54, 1.807) is 12.4 Å². The lowest BCUT2D eigenvalue weighted by atomic mass is 9.99. The Hall–Kier alpha value is -1.25. The van der Waals surface area contributed by atoms with E-state index in [0.29, 0.717) is 18.6 Å². The van der Waals surface area contributed by atoms with Gasteiger partial charge in [-0.3, -0.25) is 0 Å². The van der Waals surface area contributed by atoms with E-state index in [4.69, 9.17) is 4.74 Å². The van der Waals surface area contributed by atoms with Gasteiger partial charge >= 0.3 is 5.97 Å². The highest BCUT2D eigenvalue weighted by molar-refractivity contribution is 5.88. The SMILES string of the molecule is CC(C)(C)COC(=O)C1=CNC=CC1. The van der Waals surface area contributed by atoms with Crippen LogP contribution in [0.4, 0.5) is 0 Å². The van der Waals surface area contributed by atoms with Crippen LogP contribution in [-0.4, -0.2) is 12.6 Å². The van der Waals surface area contributed by atoms with Crippen LogP contribution in [0.5, 0.6) is 0 Å². The maximum atomic E-state index is 11.5. The second kappa shape index (κ2) is 4.31. The van der Waals surface area contributed by atoms with Crippen molar-refractivity contribution in [1.29, 1.82) is 0 Å². The summed E-state index contributed by atoms with van der Waals surface area (Å²) in [5.74, 6) is -0.225. The third-order valence-electron chi connectivity index (χ3n) is 1.71. The lowest BCUT2D eigenvalue weighted by Crippen LogP contribution is -2.20. The summed E-state index contributed by atoms with van der Waals surface area (Å²) in [6, 6.07) is 0. The van der Waals surface area contributed by atoms with Crippen molar-refractivity contribution in [1.82, 2.24) is 5.32 Å². The molecular weight excluding hydrogens is 178 g/mol. The van der Waals surface area contributed by atoms with Crippen LogP contribution < -0.4 is 5.32 Å². The first kappa shape index (κ1) is 10.8. The molecular formula is C11H17NO2. The van der Waals surface area contributed by atoms with Gasteiger partial charge in [0, 0.05) is 12.6 Å². The standard InChI is InChI=1S/C11H17NO2/c1-11(2,3)8-14-10(13)9-5-4-6-12-7-9/h4,6-7,12H,5,8H2,1-3H3. The fourth-order valence-electron chi connectivity index (χ4n) is 0.979. The van der Waals surface area contributed by atoms with Crippen molar-refractivity contribution in [2.24, 2.45) is 5.41 Å². The number of carbonyl (C=O) groups is 1. The van der Waals surface area contributed by atoms with E-state index in [2.05, 4.69) is 5.32 Å². The summed E-state index contributed by atoms with van der Waals surface area (Å²) in [5, 5.41) is 2.87. The van der Waals surface area contributed by atoms with Crippen LogP contribution in [0.15, 0.2) is 24.0 Å². The minimum absolute atomic E-state index is 0.0220. The molecule has 1 rings (SSSR count). The molecule has 3 heteroatoms. The van der Waals surface area contributed by atoms with E-state index in [-0.39, 0.29) is 11.4 Å². The predicted octanol–water partition coefficient (Wildman–Crippen LogP) is 1.97. The number of hydrogen-bond acceptors (Lipinski definition) is 3. The fourth-order valence-corrected chi connectivity index (χ4v) is 0.979. The van der Waals surface area contributed by atoms with E-state index < -0.39 is 0 Å². The van der Waals surface area contributed by atoms with E-state index in [0.717, 1.165) is 0 Å². The smallest absolute Gasteiger partial charge is 0.335 e. The summed E-state index contributed by atoms with van der Waals surface area (Å²) < 4.78 is 5.16. The molecule has 78 valence electrons. The molecule has 0 saturated carbocycles. The number of carbonyl (C=O) groups excluding carboxylic acids is 1. The van der Waals surface area contributed by atoms with Crippen LogP contribution in [0.25, 0.3) is 0 Å². The molecule has 14 heavy (non-hydrogen) atoms. The summed E-state index contributed by atoms with van der Waals surface area (Å²) in [6.45, 7) is 6.56. The molecule has 0 radical (unpaired) electrons. The van der Waals surface area contributed by atoms with Crippen molar-refractivity contribution >= 4 is 5.97 Å². The summed E-state index contributed by atoms with van der Waals surface area (Å²) in [4.78, 5) is 11.5. The van der Waals surface area contributed by atoms with Crippen LogP contribution >= 0.6 is 0 Å². The zero-order chi connectivity index (χ0) is 10.6. The molecule has 0 atom stereocenters. The summed E-state index contributed by atoms with van der Waals surface area (Å²) in [6.07, 6.45) is 6.04. The Morgan fingerprint density at radius 1 is 1.57 bits per heavy atom. The Labute approximate surface area is 84.8 Å². The van der Waals surface area contributed by atoms with Crippen LogP contribution in [-0.2, 0) is 9.53 Å². The highest BCUT2D eigenvalue weighted by Gasteiger charge is 2.16. The van der Waals surface area contributed by atoms with Gasteiger partial charge in [0.05, 0.1) is 12.2 Å². The monoisotopic (exact) mass is 195 g/mol. The van der Waals surface area contributed by atoms with E-state index in [1.165, 1.54) is 0 Å². The van der Waals surface area contributed by atoms with Crippen molar-refractivity contribution in [3.63, 3.8) is 0 Å². The molecule has 0 spiro atoms. The second-order valence-electron chi connectivity index (χ2n) is 4.58. The van der Waals surface area contributed by atoms with Gasteiger partial charge in [-0.2, -0.15) is 0 Å². The van der Waals surface area contributed by atoms with Crippen molar-refractivity contribution in [3.8, 4) is 0 Å². The molecule has 1 N–H and O–H groups in total. The van der Waals surface area contributed by atoms with Crippen molar-refractivity contribution in [2.75, 3.05) is 6.61 Å². The average molecular weight is 195 g/mol. The van der Waals surface area contributed by atoms with E-state index >= 15 is 0 Å². The third kappa shape index (κ3) is 3.64. The first-order valence-corrected chi connectivity index (χ1v) is 4.76. The number of rotatable bonds is 2. The van der Waals surface area contributed by atoms with Gasteiger partial charge in [-0.1, -0.05) is 26.8 Å². The number of hydrogen-bond donors (Lipinski definition) is 1. The number of esters is 1. The normalized spacial score (nSPS) is 15.8. The van der Waals surface area contributed by atoms with Crippen LogP contribution in [0.2, 0.25) is 0 Å². The van der Waals surface area contributed by atoms with Crippen molar-refractivity contribution in [3.05, 3.63) is 24.0 Å². The molecule has 0 aromatic rings. The lowest BCUT2D eigenvalue weighted by Gasteiger charge is -2.18. The number of nitrogens with one attached hydrogen (secondary N) is 1. The quantitative estimate of drug-likeness (QED) is 0.684. The molecule has 1 heterocycles. The molecule has 0 bridgehead atoms. The molecule has 0 fully saturated rings. The largest absolute Gasteiger partial charge is 0.462 e. The number of ether oxygens (including phenoxy) is 1. The topological polar surface area (TPSA) is 38.3 Å². The summed E-state index contributed by atoms with van der Waals surface area (Å²) >= 11 is 0. The Balaban J connectivity index is 2.39.